The molecule has 0 unspecified atom stereocenters. The van der Waals surface area contributed by atoms with E-state index in [9.17, 15) is 24.5 Å². The number of imide groups is 1. The summed E-state index contributed by atoms with van der Waals surface area (Å²) in [5.41, 5.74) is 1.57. The number of hydrogen-bond acceptors (Lipinski definition) is 7. The normalized spacial score (nSPS) is 26.0. The van der Waals surface area contributed by atoms with Crippen LogP contribution >= 0.6 is 0 Å². The van der Waals surface area contributed by atoms with Crippen LogP contribution < -0.4 is 0 Å². The molecule has 0 N–H and O–H groups in total. The Labute approximate surface area is 177 Å². The van der Waals surface area contributed by atoms with Gasteiger partial charge in [0.25, 0.3) is 5.69 Å². The van der Waals surface area contributed by atoms with Crippen molar-refractivity contribution in [1.29, 1.82) is 0 Å². The number of carbonyl (C=O) groups is 3. The number of likely N-dealkylation sites (tertiary alicyclic amines) is 1. The third kappa shape index (κ3) is 2.62. The summed E-state index contributed by atoms with van der Waals surface area (Å²) in [7, 11) is 0. The Hall–Kier alpha value is -3.88. The van der Waals surface area contributed by atoms with Crippen molar-refractivity contribution in [1.82, 2.24) is 9.91 Å². The van der Waals surface area contributed by atoms with Gasteiger partial charge in [-0.1, -0.05) is 36.4 Å². The number of rotatable bonds is 4. The van der Waals surface area contributed by atoms with E-state index in [1.54, 1.807) is 18.1 Å². The summed E-state index contributed by atoms with van der Waals surface area (Å²) < 4.78 is 0. The van der Waals surface area contributed by atoms with Crippen LogP contribution in [0, 0.1) is 22.0 Å². The zero-order chi connectivity index (χ0) is 21.9. The fourth-order valence-electron chi connectivity index (χ4n) is 4.99. The number of fused-ring (bicyclic) bond motifs is 5. The molecule has 0 aromatic heterocycles. The van der Waals surface area contributed by atoms with Crippen molar-refractivity contribution >= 4 is 29.5 Å². The average molecular weight is 418 g/mol. The Balaban J connectivity index is 1.64. The molecule has 0 aliphatic carbocycles. The van der Waals surface area contributed by atoms with Crippen LogP contribution in [0.1, 0.15) is 34.5 Å². The van der Waals surface area contributed by atoms with E-state index < -0.39 is 40.5 Å². The van der Waals surface area contributed by atoms with Crippen molar-refractivity contribution in [2.75, 3.05) is 6.54 Å². The highest BCUT2D eigenvalue weighted by molar-refractivity contribution is 6.12. The van der Waals surface area contributed by atoms with E-state index in [-0.39, 0.29) is 23.7 Å². The maximum Gasteiger partial charge on any atom is 0.270 e. The van der Waals surface area contributed by atoms with Crippen molar-refractivity contribution in [3.63, 3.8) is 0 Å². The topological polar surface area (TPSA) is 113 Å². The van der Waals surface area contributed by atoms with Gasteiger partial charge in [-0.2, -0.15) is 5.10 Å². The monoisotopic (exact) mass is 418 g/mol. The zero-order valence-electron chi connectivity index (χ0n) is 16.5. The molecular weight excluding hydrogens is 400 g/mol. The van der Waals surface area contributed by atoms with E-state index >= 15 is 0 Å². The van der Waals surface area contributed by atoms with Crippen LogP contribution in [0.15, 0.2) is 53.6 Å². The summed E-state index contributed by atoms with van der Waals surface area (Å²) >= 11 is 0. The lowest BCUT2D eigenvalue weighted by atomic mass is 9.83. The smallest absolute Gasteiger partial charge is 0.270 e. The Morgan fingerprint density at radius 2 is 1.84 bits per heavy atom. The number of non-ortho nitro benzene ring substituents is 1. The van der Waals surface area contributed by atoms with Crippen LogP contribution in [-0.4, -0.2) is 51.2 Å². The minimum Gasteiger partial charge on any atom is -0.292 e. The van der Waals surface area contributed by atoms with E-state index in [0.29, 0.717) is 0 Å². The van der Waals surface area contributed by atoms with Gasteiger partial charge in [0.2, 0.25) is 11.8 Å². The first-order chi connectivity index (χ1) is 14.9. The SMILES string of the molecule is CCN1C(=O)[C@@H]2[C@H](C1=O)[C@H]1c3ccccc3C=NN1[C@H]2C(=O)c1cccc([N+](=O)[O-])c1. The number of ketones is 1. The van der Waals surface area contributed by atoms with Crippen molar-refractivity contribution < 1.29 is 19.3 Å². The number of nitro groups is 1. The fraction of sp³-hybridized carbons (Fsp3) is 0.273. The third-order valence-electron chi connectivity index (χ3n) is 6.31. The van der Waals surface area contributed by atoms with Gasteiger partial charge in [-0.25, -0.2) is 0 Å². The number of carbonyl (C=O) groups excluding carboxylic acids is 3. The molecule has 2 amide bonds. The lowest BCUT2D eigenvalue weighted by Gasteiger charge is -2.33. The summed E-state index contributed by atoms with van der Waals surface area (Å²) in [6, 6.07) is 11.3. The molecule has 3 heterocycles. The average Bonchev–Trinajstić information content (AvgIpc) is 3.25. The first-order valence-electron chi connectivity index (χ1n) is 9.99. The highest BCUT2D eigenvalue weighted by atomic mass is 16.6. The van der Waals surface area contributed by atoms with Crippen LogP contribution in [0.3, 0.4) is 0 Å². The maximum absolute atomic E-state index is 13.6. The Kier molecular flexibility index (Phi) is 4.21. The molecule has 156 valence electrons. The molecule has 0 saturated carbocycles. The molecule has 0 bridgehead atoms. The quantitative estimate of drug-likeness (QED) is 0.325. The second-order valence-electron chi connectivity index (χ2n) is 7.79. The molecule has 2 fully saturated rings. The number of Topliss-reactive ketones (excluding diaryl/α,β-unsaturated/α-hetero) is 1. The number of benzene rings is 2. The molecule has 4 atom stereocenters. The van der Waals surface area contributed by atoms with Gasteiger partial charge in [-0.3, -0.25) is 34.4 Å². The van der Waals surface area contributed by atoms with Gasteiger partial charge in [-0.05, 0) is 18.1 Å². The van der Waals surface area contributed by atoms with E-state index in [2.05, 4.69) is 5.10 Å². The molecule has 9 heteroatoms. The molecule has 0 radical (unpaired) electrons. The fourth-order valence-corrected chi connectivity index (χ4v) is 4.99. The maximum atomic E-state index is 13.6. The molecule has 31 heavy (non-hydrogen) atoms. The summed E-state index contributed by atoms with van der Waals surface area (Å²) in [5, 5.41) is 17.2. The predicted octanol–water partition coefficient (Wildman–Crippen LogP) is 2.17. The van der Waals surface area contributed by atoms with Crippen molar-refractivity contribution in [2.45, 2.75) is 19.0 Å². The first-order valence-corrected chi connectivity index (χ1v) is 9.99. The first kappa shape index (κ1) is 19.1. The third-order valence-corrected chi connectivity index (χ3v) is 6.31. The zero-order valence-corrected chi connectivity index (χ0v) is 16.5. The molecule has 9 nitrogen and oxygen atoms in total. The summed E-state index contributed by atoms with van der Waals surface area (Å²) in [6.45, 7) is 1.94. The molecule has 0 spiro atoms. The molecule has 5 rings (SSSR count). The van der Waals surface area contributed by atoms with E-state index in [4.69, 9.17) is 0 Å². The number of hydrazone groups is 1. The molecule has 3 aliphatic rings. The lowest BCUT2D eigenvalue weighted by molar-refractivity contribution is -0.384. The van der Waals surface area contributed by atoms with Gasteiger partial charge in [0.05, 0.1) is 29.0 Å². The molecule has 2 aromatic carbocycles. The minimum atomic E-state index is -1.02. The second kappa shape index (κ2) is 6.83. The Morgan fingerprint density at radius 1 is 1.10 bits per heavy atom. The number of hydrogen-bond donors (Lipinski definition) is 0. The lowest BCUT2D eigenvalue weighted by Crippen LogP contribution is -2.44. The van der Waals surface area contributed by atoms with Crippen LogP contribution in [0.25, 0.3) is 0 Å². The molecule has 2 aromatic rings. The summed E-state index contributed by atoms with van der Waals surface area (Å²) in [4.78, 5) is 51.7. The van der Waals surface area contributed by atoms with Crippen LogP contribution in [0.5, 0.6) is 0 Å². The van der Waals surface area contributed by atoms with Gasteiger partial charge in [-0.15, -0.1) is 0 Å². The number of nitro benzene ring substituents is 1. The van der Waals surface area contributed by atoms with E-state index in [1.165, 1.54) is 29.2 Å². The summed E-state index contributed by atoms with van der Waals surface area (Å²) in [5.74, 6) is -2.81. The second-order valence-corrected chi connectivity index (χ2v) is 7.79. The summed E-state index contributed by atoms with van der Waals surface area (Å²) in [6.07, 6.45) is 1.62. The van der Waals surface area contributed by atoms with Gasteiger partial charge < -0.3 is 0 Å². The van der Waals surface area contributed by atoms with E-state index in [1.807, 2.05) is 24.3 Å². The predicted molar refractivity (Wildman–Crippen MR) is 109 cm³/mol. The number of nitrogens with zero attached hydrogens (tertiary/aromatic N) is 4. The molecule has 3 aliphatic heterocycles. The van der Waals surface area contributed by atoms with Gasteiger partial charge >= 0.3 is 0 Å². The molecule has 2 saturated heterocycles. The van der Waals surface area contributed by atoms with Crippen molar-refractivity contribution in [3.05, 3.63) is 75.3 Å². The largest absolute Gasteiger partial charge is 0.292 e. The van der Waals surface area contributed by atoms with Crippen LogP contribution in [0.4, 0.5) is 5.69 Å². The highest BCUT2D eigenvalue weighted by Gasteiger charge is 2.64. The van der Waals surface area contributed by atoms with E-state index in [0.717, 1.165) is 11.1 Å². The van der Waals surface area contributed by atoms with Crippen molar-refractivity contribution in [3.8, 4) is 0 Å². The Bertz CT molecular complexity index is 1180. The molecular formula is C22H18N4O5. The van der Waals surface area contributed by atoms with Crippen LogP contribution in [-0.2, 0) is 9.59 Å². The van der Waals surface area contributed by atoms with Gasteiger partial charge in [0.15, 0.2) is 5.78 Å². The highest BCUT2D eigenvalue weighted by Crippen LogP contribution is 2.52. The van der Waals surface area contributed by atoms with Crippen molar-refractivity contribution in [2.24, 2.45) is 16.9 Å². The van der Waals surface area contributed by atoms with Gasteiger partial charge in [0, 0.05) is 24.2 Å². The minimum absolute atomic E-state index is 0.114. The van der Waals surface area contributed by atoms with Gasteiger partial charge in [0.1, 0.15) is 6.04 Å². The Morgan fingerprint density at radius 3 is 2.58 bits per heavy atom. The van der Waals surface area contributed by atoms with Crippen LogP contribution in [0.2, 0.25) is 0 Å². The standard InChI is InChI=1S/C22H18N4O5/c1-2-24-21(28)16-17(22(24)29)19(20(27)12-7-5-8-14(10-12)26(30)31)25-18(16)15-9-4-3-6-13(15)11-23-25/h3-11,16-19H,2H2,1H3/t16-,17+,18+,19+/m0/s1. The number of amides is 2.